The quantitative estimate of drug-likeness (QED) is 0.462. The molecule has 3 amide bonds. The summed E-state index contributed by atoms with van der Waals surface area (Å²) < 4.78 is 5.29. The SMILES string of the molecule is COc1cccc(CN(C)C(=O)C[C@@]2(c3ccccc3C)CC(=O)N(Cc3ccccc3)C2=O)c1. The first kappa shape index (κ1) is 24.2. The van der Waals surface area contributed by atoms with Crippen LogP contribution in [-0.4, -0.2) is 41.7 Å². The summed E-state index contributed by atoms with van der Waals surface area (Å²) in [6.45, 7) is 2.48. The van der Waals surface area contributed by atoms with Gasteiger partial charge in [0.15, 0.2) is 0 Å². The molecule has 1 saturated heterocycles. The second-order valence-corrected chi connectivity index (χ2v) is 9.12. The molecule has 1 heterocycles. The molecule has 0 aromatic heterocycles. The molecule has 6 heteroatoms. The molecule has 0 aliphatic carbocycles. The molecule has 0 N–H and O–H groups in total. The monoisotopic (exact) mass is 470 g/mol. The van der Waals surface area contributed by atoms with Crippen LogP contribution in [0.1, 0.15) is 35.1 Å². The summed E-state index contributed by atoms with van der Waals surface area (Å²) >= 11 is 0. The molecule has 0 bridgehead atoms. The Balaban J connectivity index is 1.63. The van der Waals surface area contributed by atoms with E-state index in [0.717, 1.165) is 22.3 Å². The predicted octanol–water partition coefficient (Wildman–Crippen LogP) is 4.25. The van der Waals surface area contributed by atoms with Gasteiger partial charge in [-0.15, -0.1) is 0 Å². The third kappa shape index (κ3) is 4.97. The first-order valence-corrected chi connectivity index (χ1v) is 11.7. The van der Waals surface area contributed by atoms with Crippen molar-refractivity contribution in [1.29, 1.82) is 0 Å². The van der Waals surface area contributed by atoms with Gasteiger partial charge >= 0.3 is 0 Å². The average molecular weight is 471 g/mol. The summed E-state index contributed by atoms with van der Waals surface area (Å²) in [5, 5.41) is 0. The highest BCUT2D eigenvalue weighted by Crippen LogP contribution is 2.42. The Morgan fingerprint density at radius 2 is 1.66 bits per heavy atom. The van der Waals surface area contributed by atoms with E-state index >= 15 is 0 Å². The van der Waals surface area contributed by atoms with Crippen LogP contribution in [0.5, 0.6) is 5.75 Å². The highest BCUT2D eigenvalue weighted by atomic mass is 16.5. The highest BCUT2D eigenvalue weighted by Gasteiger charge is 2.54. The number of aryl methyl sites for hydroxylation is 1. The van der Waals surface area contributed by atoms with Crippen LogP contribution in [0.25, 0.3) is 0 Å². The number of amides is 3. The van der Waals surface area contributed by atoms with E-state index in [1.165, 1.54) is 4.90 Å². The summed E-state index contributed by atoms with van der Waals surface area (Å²) in [7, 11) is 3.32. The lowest BCUT2D eigenvalue weighted by Crippen LogP contribution is -2.42. The van der Waals surface area contributed by atoms with E-state index in [1.807, 2.05) is 85.8 Å². The van der Waals surface area contributed by atoms with Gasteiger partial charge < -0.3 is 9.64 Å². The van der Waals surface area contributed by atoms with Gasteiger partial charge in [-0.05, 0) is 41.3 Å². The number of benzene rings is 3. The second-order valence-electron chi connectivity index (χ2n) is 9.12. The zero-order valence-corrected chi connectivity index (χ0v) is 20.4. The number of imide groups is 1. The Labute approximate surface area is 206 Å². The van der Waals surface area contributed by atoms with Crippen molar-refractivity contribution >= 4 is 17.7 Å². The minimum Gasteiger partial charge on any atom is -0.497 e. The highest BCUT2D eigenvalue weighted by molar-refractivity contribution is 6.10. The number of methoxy groups -OCH3 is 1. The Hall–Kier alpha value is -3.93. The van der Waals surface area contributed by atoms with Gasteiger partial charge in [-0.25, -0.2) is 0 Å². The van der Waals surface area contributed by atoms with Crippen LogP contribution < -0.4 is 4.74 Å². The molecular formula is C29H30N2O4. The molecule has 6 nitrogen and oxygen atoms in total. The molecular weight excluding hydrogens is 440 g/mol. The lowest BCUT2D eigenvalue weighted by Gasteiger charge is -2.30. The van der Waals surface area contributed by atoms with Crippen LogP contribution >= 0.6 is 0 Å². The molecule has 0 spiro atoms. The Morgan fingerprint density at radius 3 is 2.37 bits per heavy atom. The first-order valence-electron chi connectivity index (χ1n) is 11.7. The van der Waals surface area contributed by atoms with E-state index in [2.05, 4.69) is 0 Å². The first-order chi connectivity index (χ1) is 16.8. The number of ether oxygens (including phenoxy) is 1. The average Bonchev–Trinajstić information content (AvgIpc) is 3.09. The van der Waals surface area contributed by atoms with Crippen molar-refractivity contribution < 1.29 is 19.1 Å². The van der Waals surface area contributed by atoms with Crippen LogP contribution in [0.4, 0.5) is 0 Å². The number of hydrogen-bond donors (Lipinski definition) is 0. The summed E-state index contributed by atoms with van der Waals surface area (Å²) in [5.41, 5.74) is 2.19. The normalized spacial score (nSPS) is 17.5. The fourth-order valence-electron chi connectivity index (χ4n) is 4.81. The maximum atomic E-state index is 13.9. The number of carbonyl (C=O) groups excluding carboxylic acids is 3. The summed E-state index contributed by atoms with van der Waals surface area (Å²) in [6, 6.07) is 24.5. The number of carbonyl (C=O) groups is 3. The number of hydrogen-bond acceptors (Lipinski definition) is 4. The van der Waals surface area contributed by atoms with Crippen molar-refractivity contribution in [3.63, 3.8) is 0 Å². The van der Waals surface area contributed by atoms with E-state index in [1.54, 1.807) is 19.1 Å². The van der Waals surface area contributed by atoms with E-state index in [-0.39, 0.29) is 37.1 Å². The van der Waals surface area contributed by atoms with Crippen LogP contribution in [0.2, 0.25) is 0 Å². The van der Waals surface area contributed by atoms with Gasteiger partial charge in [0.2, 0.25) is 17.7 Å². The van der Waals surface area contributed by atoms with Gasteiger partial charge in [0.25, 0.3) is 0 Å². The van der Waals surface area contributed by atoms with Crippen molar-refractivity contribution in [1.82, 2.24) is 9.80 Å². The van der Waals surface area contributed by atoms with Crippen molar-refractivity contribution in [2.75, 3.05) is 14.2 Å². The van der Waals surface area contributed by atoms with Gasteiger partial charge in [-0.1, -0.05) is 66.7 Å². The zero-order valence-electron chi connectivity index (χ0n) is 20.4. The Morgan fingerprint density at radius 1 is 0.971 bits per heavy atom. The maximum Gasteiger partial charge on any atom is 0.241 e. The van der Waals surface area contributed by atoms with Crippen LogP contribution in [0.15, 0.2) is 78.9 Å². The standard InChI is InChI=1S/C29H30N2O4/c1-21-10-7-8-15-25(21)29(17-26(32)30(2)19-23-13-9-14-24(16-23)35-3)18-27(33)31(28(29)34)20-22-11-5-4-6-12-22/h4-16H,17-20H2,1-3H3/t29-/m0/s1. The molecule has 4 rings (SSSR count). The molecule has 0 unspecified atom stereocenters. The Bertz CT molecular complexity index is 1240. The van der Waals surface area contributed by atoms with E-state index < -0.39 is 5.41 Å². The minimum absolute atomic E-state index is 0.0255. The van der Waals surface area contributed by atoms with Crippen LogP contribution in [0, 0.1) is 6.92 Å². The Kier molecular flexibility index (Phi) is 7.01. The number of nitrogens with zero attached hydrogens (tertiary/aromatic N) is 2. The van der Waals surface area contributed by atoms with E-state index in [0.29, 0.717) is 12.3 Å². The topological polar surface area (TPSA) is 66.9 Å². The smallest absolute Gasteiger partial charge is 0.241 e. The summed E-state index contributed by atoms with van der Waals surface area (Å²) in [6.07, 6.45) is -0.101. The van der Waals surface area contributed by atoms with E-state index in [4.69, 9.17) is 4.74 Å². The fourth-order valence-corrected chi connectivity index (χ4v) is 4.81. The van der Waals surface area contributed by atoms with Crippen LogP contribution in [-0.2, 0) is 32.9 Å². The molecule has 1 fully saturated rings. The molecule has 1 aliphatic rings. The minimum atomic E-state index is -1.23. The lowest BCUT2D eigenvalue weighted by molar-refractivity contribution is -0.143. The molecule has 0 radical (unpaired) electrons. The van der Waals surface area contributed by atoms with Crippen molar-refractivity contribution in [3.8, 4) is 5.75 Å². The predicted molar refractivity (Wildman–Crippen MR) is 134 cm³/mol. The summed E-state index contributed by atoms with van der Waals surface area (Å²) in [5.74, 6) is -0.0548. The second kappa shape index (κ2) is 10.1. The molecule has 35 heavy (non-hydrogen) atoms. The molecule has 3 aromatic carbocycles. The fraction of sp³-hybridized carbons (Fsp3) is 0.276. The van der Waals surface area contributed by atoms with Gasteiger partial charge in [0.1, 0.15) is 5.75 Å². The zero-order chi connectivity index (χ0) is 25.0. The van der Waals surface area contributed by atoms with Crippen molar-refractivity contribution in [3.05, 3.63) is 101 Å². The molecule has 0 saturated carbocycles. The largest absolute Gasteiger partial charge is 0.497 e. The maximum absolute atomic E-state index is 13.9. The third-order valence-corrected chi connectivity index (χ3v) is 6.69. The van der Waals surface area contributed by atoms with Gasteiger partial charge in [0.05, 0.1) is 19.1 Å². The molecule has 1 aliphatic heterocycles. The number of rotatable bonds is 8. The molecule has 180 valence electrons. The van der Waals surface area contributed by atoms with Gasteiger partial charge in [-0.3, -0.25) is 19.3 Å². The van der Waals surface area contributed by atoms with Crippen molar-refractivity contribution in [2.45, 2.75) is 38.3 Å². The summed E-state index contributed by atoms with van der Waals surface area (Å²) in [4.78, 5) is 43.5. The molecule has 3 aromatic rings. The van der Waals surface area contributed by atoms with Crippen molar-refractivity contribution in [2.24, 2.45) is 0 Å². The lowest BCUT2D eigenvalue weighted by atomic mass is 9.74. The van der Waals surface area contributed by atoms with E-state index in [9.17, 15) is 14.4 Å². The molecule has 1 atom stereocenters. The van der Waals surface area contributed by atoms with Gasteiger partial charge in [-0.2, -0.15) is 0 Å². The third-order valence-electron chi connectivity index (χ3n) is 6.69. The van der Waals surface area contributed by atoms with Crippen LogP contribution in [0.3, 0.4) is 0 Å². The van der Waals surface area contributed by atoms with Gasteiger partial charge in [0, 0.05) is 26.4 Å². The number of likely N-dealkylation sites (tertiary alicyclic amines) is 1.